The largest absolute Gasteiger partial charge is 0.480 e. The molecular formula is C13H18N2O4. The number of carboxylic acids is 1. The number of hydrogen-bond acceptors (Lipinski definition) is 3. The number of benzene rings is 1. The molecule has 104 valence electrons. The van der Waals surface area contributed by atoms with Gasteiger partial charge in [-0.05, 0) is 5.56 Å². The third kappa shape index (κ3) is 5.87. The van der Waals surface area contributed by atoms with Crippen LogP contribution in [-0.4, -0.2) is 43.4 Å². The monoisotopic (exact) mass is 266 g/mol. The standard InChI is InChI=1S/C13H18N2O4/c1-19-8-7-14-13(18)15-11(12(16)17)9-10-5-3-2-4-6-10/h2-6,11H,7-9H2,1H3,(H,16,17)(H2,14,15,18)/t11-/m1/s1. The predicted octanol–water partition coefficient (Wildman–Crippen LogP) is 0.628. The molecule has 0 spiro atoms. The number of ether oxygens (including phenoxy) is 1. The van der Waals surface area contributed by atoms with Crippen LogP contribution in [0.15, 0.2) is 30.3 Å². The predicted molar refractivity (Wildman–Crippen MR) is 70.0 cm³/mol. The smallest absolute Gasteiger partial charge is 0.326 e. The lowest BCUT2D eigenvalue weighted by molar-refractivity contribution is -0.139. The summed E-state index contributed by atoms with van der Waals surface area (Å²) in [5, 5.41) is 14.0. The maximum absolute atomic E-state index is 11.5. The minimum absolute atomic E-state index is 0.244. The van der Waals surface area contributed by atoms with Crippen LogP contribution in [0.1, 0.15) is 5.56 Å². The average molecular weight is 266 g/mol. The van der Waals surface area contributed by atoms with Gasteiger partial charge < -0.3 is 20.5 Å². The minimum Gasteiger partial charge on any atom is -0.480 e. The van der Waals surface area contributed by atoms with E-state index in [1.807, 2.05) is 30.3 Å². The molecule has 3 N–H and O–H groups in total. The summed E-state index contributed by atoms with van der Waals surface area (Å²) in [6.45, 7) is 0.712. The Morgan fingerprint density at radius 2 is 2.00 bits per heavy atom. The fourth-order valence-electron chi connectivity index (χ4n) is 1.53. The van der Waals surface area contributed by atoms with Gasteiger partial charge in [0.05, 0.1) is 6.61 Å². The van der Waals surface area contributed by atoms with E-state index < -0.39 is 18.0 Å². The number of aliphatic carboxylic acids is 1. The highest BCUT2D eigenvalue weighted by Gasteiger charge is 2.19. The Kier molecular flexibility index (Phi) is 6.38. The van der Waals surface area contributed by atoms with Crippen LogP contribution in [0.4, 0.5) is 4.79 Å². The SMILES string of the molecule is COCCNC(=O)N[C@H](Cc1ccccc1)C(=O)O. The molecule has 6 heteroatoms. The highest BCUT2D eigenvalue weighted by molar-refractivity contribution is 5.82. The summed E-state index contributed by atoms with van der Waals surface area (Å²) in [7, 11) is 1.52. The van der Waals surface area contributed by atoms with Crippen LogP contribution in [0.5, 0.6) is 0 Å². The van der Waals surface area contributed by atoms with Crippen molar-refractivity contribution in [3.63, 3.8) is 0 Å². The topological polar surface area (TPSA) is 87.7 Å². The van der Waals surface area contributed by atoms with Gasteiger partial charge in [-0.2, -0.15) is 0 Å². The summed E-state index contributed by atoms with van der Waals surface area (Å²) in [5.74, 6) is -1.06. The highest BCUT2D eigenvalue weighted by Crippen LogP contribution is 2.03. The first-order valence-corrected chi connectivity index (χ1v) is 5.93. The molecule has 19 heavy (non-hydrogen) atoms. The van der Waals surface area contributed by atoms with Crippen LogP contribution in [0.2, 0.25) is 0 Å². The summed E-state index contributed by atoms with van der Waals surface area (Å²) in [5.41, 5.74) is 0.854. The molecule has 6 nitrogen and oxygen atoms in total. The fraction of sp³-hybridized carbons (Fsp3) is 0.385. The Morgan fingerprint density at radius 1 is 1.32 bits per heavy atom. The van der Waals surface area contributed by atoms with Crippen LogP contribution in [-0.2, 0) is 16.0 Å². The molecule has 0 aliphatic carbocycles. The van der Waals surface area contributed by atoms with Crippen LogP contribution in [0.3, 0.4) is 0 Å². The van der Waals surface area contributed by atoms with Crippen LogP contribution in [0, 0.1) is 0 Å². The van der Waals surface area contributed by atoms with Gasteiger partial charge in [-0.1, -0.05) is 30.3 Å². The lowest BCUT2D eigenvalue weighted by Gasteiger charge is -2.15. The van der Waals surface area contributed by atoms with E-state index in [2.05, 4.69) is 10.6 Å². The Labute approximate surface area is 111 Å². The molecule has 1 rings (SSSR count). The van der Waals surface area contributed by atoms with Crippen LogP contribution in [0.25, 0.3) is 0 Å². The Bertz CT molecular complexity index is 408. The van der Waals surface area contributed by atoms with Crippen molar-refractivity contribution in [2.45, 2.75) is 12.5 Å². The van der Waals surface area contributed by atoms with Crippen molar-refractivity contribution in [2.75, 3.05) is 20.3 Å². The second-order valence-electron chi connectivity index (χ2n) is 3.97. The Balaban J connectivity index is 2.49. The quantitative estimate of drug-likeness (QED) is 0.632. The lowest BCUT2D eigenvalue weighted by atomic mass is 10.1. The number of methoxy groups -OCH3 is 1. The Hall–Kier alpha value is -2.08. The summed E-state index contributed by atoms with van der Waals surface area (Å²) in [4.78, 5) is 22.6. The van der Waals surface area contributed by atoms with E-state index in [1.54, 1.807) is 0 Å². The van der Waals surface area contributed by atoms with Crippen molar-refractivity contribution < 1.29 is 19.4 Å². The molecule has 0 aliphatic heterocycles. The van der Waals surface area contributed by atoms with E-state index in [-0.39, 0.29) is 6.42 Å². The van der Waals surface area contributed by atoms with E-state index >= 15 is 0 Å². The number of hydrogen-bond donors (Lipinski definition) is 3. The van der Waals surface area contributed by atoms with Crippen molar-refractivity contribution in [1.82, 2.24) is 10.6 Å². The number of nitrogens with one attached hydrogen (secondary N) is 2. The Morgan fingerprint density at radius 3 is 2.58 bits per heavy atom. The van der Waals surface area contributed by atoms with Crippen LogP contribution < -0.4 is 10.6 Å². The fourth-order valence-corrected chi connectivity index (χ4v) is 1.53. The third-order valence-corrected chi connectivity index (χ3v) is 2.48. The number of carbonyl (C=O) groups is 2. The normalized spacial score (nSPS) is 11.6. The van der Waals surface area contributed by atoms with E-state index in [1.165, 1.54) is 7.11 Å². The molecule has 0 aromatic heterocycles. The second-order valence-corrected chi connectivity index (χ2v) is 3.97. The lowest BCUT2D eigenvalue weighted by Crippen LogP contribution is -2.47. The van der Waals surface area contributed by atoms with Crippen LogP contribution >= 0.6 is 0 Å². The molecule has 1 aromatic carbocycles. The third-order valence-electron chi connectivity index (χ3n) is 2.48. The van der Waals surface area contributed by atoms with Gasteiger partial charge in [-0.25, -0.2) is 9.59 Å². The molecule has 0 saturated carbocycles. The molecule has 0 bridgehead atoms. The van der Waals surface area contributed by atoms with Crippen molar-refractivity contribution >= 4 is 12.0 Å². The van der Waals surface area contributed by atoms with Gasteiger partial charge in [0.15, 0.2) is 0 Å². The minimum atomic E-state index is -1.06. The zero-order chi connectivity index (χ0) is 14.1. The van der Waals surface area contributed by atoms with E-state index in [4.69, 9.17) is 9.84 Å². The molecular weight excluding hydrogens is 248 g/mol. The highest BCUT2D eigenvalue weighted by atomic mass is 16.5. The zero-order valence-corrected chi connectivity index (χ0v) is 10.8. The van der Waals surface area contributed by atoms with Gasteiger partial charge in [-0.3, -0.25) is 0 Å². The molecule has 0 unspecified atom stereocenters. The maximum atomic E-state index is 11.5. The number of amides is 2. The van der Waals surface area contributed by atoms with E-state index in [9.17, 15) is 9.59 Å². The number of urea groups is 1. The molecule has 0 aliphatic rings. The molecule has 0 heterocycles. The second kappa shape index (κ2) is 8.10. The number of carbonyl (C=O) groups excluding carboxylic acids is 1. The first-order chi connectivity index (χ1) is 9.13. The summed E-state index contributed by atoms with van der Waals surface area (Å²) in [6, 6.07) is 7.68. The zero-order valence-electron chi connectivity index (χ0n) is 10.8. The molecule has 0 radical (unpaired) electrons. The van der Waals surface area contributed by atoms with Gasteiger partial charge in [0, 0.05) is 20.1 Å². The van der Waals surface area contributed by atoms with Crippen molar-refractivity contribution in [3.05, 3.63) is 35.9 Å². The van der Waals surface area contributed by atoms with Gasteiger partial charge in [-0.15, -0.1) is 0 Å². The van der Waals surface area contributed by atoms with Gasteiger partial charge in [0.1, 0.15) is 6.04 Å². The number of rotatable bonds is 7. The van der Waals surface area contributed by atoms with Gasteiger partial charge >= 0.3 is 12.0 Å². The van der Waals surface area contributed by atoms with Crippen molar-refractivity contribution in [2.24, 2.45) is 0 Å². The molecule has 1 atom stereocenters. The van der Waals surface area contributed by atoms with Crippen molar-refractivity contribution in [1.29, 1.82) is 0 Å². The molecule has 1 aromatic rings. The van der Waals surface area contributed by atoms with Gasteiger partial charge in [0.25, 0.3) is 0 Å². The van der Waals surface area contributed by atoms with Gasteiger partial charge in [0.2, 0.25) is 0 Å². The summed E-state index contributed by atoms with van der Waals surface area (Å²) >= 11 is 0. The first kappa shape index (κ1) is 15.0. The molecule has 0 saturated heterocycles. The first-order valence-electron chi connectivity index (χ1n) is 5.93. The molecule has 0 fully saturated rings. The van der Waals surface area contributed by atoms with E-state index in [0.29, 0.717) is 13.2 Å². The summed E-state index contributed by atoms with van der Waals surface area (Å²) < 4.78 is 4.78. The molecule has 2 amide bonds. The maximum Gasteiger partial charge on any atom is 0.326 e. The average Bonchev–Trinajstić information content (AvgIpc) is 2.39. The van der Waals surface area contributed by atoms with E-state index in [0.717, 1.165) is 5.56 Å². The van der Waals surface area contributed by atoms with Crippen molar-refractivity contribution in [3.8, 4) is 0 Å². The summed E-state index contributed by atoms with van der Waals surface area (Å²) in [6.07, 6.45) is 0.244. The number of carboxylic acid groups (broad SMARTS) is 1.